The number of morpholine rings is 1. The van der Waals surface area contributed by atoms with Crippen LogP contribution >= 0.6 is 11.6 Å². The van der Waals surface area contributed by atoms with Gasteiger partial charge in [-0.3, -0.25) is 23.9 Å². The first-order valence-corrected chi connectivity index (χ1v) is 9.81. The van der Waals surface area contributed by atoms with Crippen molar-refractivity contribution in [3.05, 3.63) is 81.0 Å². The highest BCUT2D eigenvalue weighted by atomic mass is 35.5. The minimum absolute atomic E-state index is 0.0972. The minimum atomic E-state index is -0.411. The maximum absolute atomic E-state index is 12.9. The normalized spacial score (nSPS) is 14.8. The van der Waals surface area contributed by atoms with E-state index in [2.05, 4.69) is 15.2 Å². The molecule has 1 aliphatic rings. The molecule has 3 heterocycles. The maximum atomic E-state index is 12.9. The fraction of sp³-hybridized carbons (Fsp3) is 0.286. The largest absolute Gasteiger partial charge is 0.379 e. The highest BCUT2D eigenvalue weighted by molar-refractivity contribution is 6.30. The molecular formula is C21H21ClN4O3. The number of hydrogen-bond acceptors (Lipinski definition) is 5. The van der Waals surface area contributed by atoms with Gasteiger partial charge in [-0.05, 0) is 29.8 Å². The van der Waals surface area contributed by atoms with Crippen molar-refractivity contribution in [1.82, 2.24) is 19.6 Å². The average molecular weight is 413 g/mol. The molecule has 150 valence electrons. The van der Waals surface area contributed by atoms with Crippen LogP contribution in [0.15, 0.2) is 53.6 Å². The van der Waals surface area contributed by atoms with Gasteiger partial charge < -0.3 is 10.1 Å². The van der Waals surface area contributed by atoms with Crippen LogP contribution in [0, 0.1) is 0 Å². The quantitative estimate of drug-likeness (QED) is 0.694. The molecule has 29 heavy (non-hydrogen) atoms. The number of carbonyl (C=O) groups excluding carboxylic acids is 1. The lowest BCUT2D eigenvalue weighted by Gasteiger charge is -2.26. The smallest absolute Gasteiger partial charge is 0.268 e. The van der Waals surface area contributed by atoms with Gasteiger partial charge in [0, 0.05) is 37.4 Å². The Bertz CT molecular complexity index is 1080. The summed E-state index contributed by atoms with van der Waals surface area (Å²) in [7, 11) is 0. The zero-order valence-electron chi connectivity index (χ0n) is 15.8. The van der Waals surface area contributed by atoms with Crippen molar-refractivity contribution in [3.63, 3.8) is 0 Å². The Hall–Kier alpha value is -2.74. The van der Waals surface area contributed by atoms with E-state index in [0.717, 1.165) is 24.3 Å². The zero-order chi connectivity index (χ0) is 20.2. The molecule has 2 aromatic heterocycles. The number of nitrogens with one attached hydrogen (secondary N) is 1. The number of benzene rings is 1. The summed E-state index contributed by atoms with van der Waals surface area (Å²) in [5.41, 5.74) is 2.07. The highest BCUT2D eigenvalue weighted by Gasteiger charge is 2.15. The summed E-state index contributed by atoms with van der Waals surface area (Å²) in [6, 6.07) is 10.5. The van der Waals surface area contributed by atoms with Gasteiger partial charge in [-0.15, -0.1) is 0 Å². The SMILES string of the molecule is O=C(NCc1ccc(Cl)cc1)c1ccc2cnc(CN3CCOCC3)cn2c1=O. The van der Waals surface area contributed by atoms with Crippen molar-refractivity contribution < 1.29 is 9.53 Å². The topological polar surface area (TPSA) is 75.9 Å². The van der Waals surface area contributed by atoms with Crippen LogP contribution < -0.4 is 10.9 Å². The fourth-order valence-corrected chi connectivity index (χ4v) is 3.39. The van der Waals surface area contributed by atoms with E-state index in [0.29, 0.717) is 36.8 Å². The van der Waals surface area contributed by atoms with Crippen LogP contribution in [0.2, 0.25) is 5.02 Å². The van der Waals surface area contributed by atoms with Crippen molar-refractivity contribution in [2.24, 2.45) is 0 Å². The van der Waals surface area contributed by atoms with Crippen molar-refractivity contribution in [1.29, 1.82) is 0 Å². The molecule has 1 N–H and O–H groups in total. The van der Waals surface area contributed by atoms with Crippen LogP contribution in [0.3, 0.4) is 0 Å². The van der Waals surface area contributed by atoms with Gasteiger partial charge >= 0.3 is 0 Å². The number of amides is 1. The van der Waals surface area contributed by atoms with Gasteiger partial charge in [-0.1, -0.05) is 23.7 Å². The standard InChI is InChI=1S/C21H21ClN4O3/c22-16-3-1-15(2-4-16)11-24-20(27)19-6-5-18-12-23-17(14-26(18)21(19)28)13-25-7-9-29-10-8-25/h1-6,12,14H,7-11,13H2,(H,24,27). The van der Waals surface area contributed by atoms with E-state index >= 15 is 0 Å². The predicted molar refractivity (Wildman–Crippen MR) is 110 cm³/mol. The molecule has 8 heteroatoms. The van der Waals surface area contributed by atoms with Gasteiger partial charge in [0.1, 0.15) is 5.56 Å². The first-order valence-electron chi connectivity index (χ1n) is 9.43. The van der Waals surface area contributed by atoms with E-state index in [-0.39, 0.29) is 11.1 Å². The van der Waals surface area contributed by atoms with Crippen LogP contribution in [0.25, 0.3) is 5.52 Å². The Labute approximate surface area is 172 Å². The molecule has 0 bridgehead atoms. The Morgan fingerprint density at radius 1 is 1.14 bits per heavy atom. The maximum Gasteiger partial charge on any atom is 0.268 e. The van der Waals surface area contributed by atoms with Crippen molar-refractivity contribution in [2.45, 2.75) is 13.1 Å². The summed E-state index contributed by atoms with van der Waals surface area (Å²) in [6.07, 6.45) is 3.37. The van der Waals surface area contributed by atoms with Gasteiger partial charge in [0.25, 0.3) is 11.5 Å². The second-order valence-electron chi connectivity index (χ2n) is 6.92. The van der Waals surface area contributed by atoms with E-state index < -0.39 is 5.91 Å². The summed E-state index contributed by atoms with van der Waals surface area (Å²) < 4.78 is 6.85. The molecule has 3 aromatic rings. The molecule has 1 saturated heterocycles. The van der Waals surface area contributed by atoms with Gasteiger partial charge in [-0.2, -0.15) is 0 Å². The molecule has 0 unspecified atom stereocenters. The molecule has 1 aromatic carbocycles. The molecule has 4 rings (SSSR count). The third kappa shape index (κ3) is 4.64. The monoisotopic (exact) mass is 412 g/mol. The molecule has 1 aliphatic heterocycles. The molecule has 0 radical (unpaired) electrons. The Morgan fingerprint density at radius 2 is 1.90 bits per heavy atom. The van der Waals surface area contributed by atoms with Crippen LogP contribution in [0.1, 0.15) is 21.6 Å². The summed E-state index contributed by atoms with van der Waals surface area (Å²) in [5, 5.41) is 3.42. The van der Waals surface area contributed by atoms with Crippen molar-refractivity contribution in [2.75, 3.05) is 26.3 Å². The Kier molecular flexibility index (Phi) is 5.89. The molecule has 0 saturated carbocycles. The van der Waals surface area contributed by atoms with Crippen molar-refractivity contribution >= 4 is 23.0 Å². The first-order chi connectivity index (χ1) is 14.1. The van der Waals surface area contributed by atoms with E-state index in [9.17, 15) is 9.59 Å². The molecule has 0 aliphatic carbocycles. The number of rotatable bonds is 5. The van der Waals surface area contributed by atoms with Crippen molar-refractivity contribution in [3.8, 4) is 0 Å². The van der Waals surface area contributed by atoms with Crippen LogP contribution in [-0.2, 0) is 17.8 Å². The van der Waals surface area contributed by atoms with Crippen LogP contribution in [0.4, 0.5) is 0 Å². The molecule has 1 fully saturated rings. The lowest BCUT2D eigenvalue weighted by atomic mass is 10.2. The summed E-state index contributed by atoms with van der Waals surface area (Å²) in [5.74, 6) is -0.411. The van der Waals surface area contributed by atoms with Crippen LogP contribution in [-0.4, -0.2) is 46.5 Å². The summed E-state index contributed by atoms with van der Waals surface area (Å²) >= 11 is 5.88. The van der Waals surface area contributed by atoms with Gasteiger partial charge in [0.05, 0.1) is 30.6 Å². The molecule has 1 amide bonds. The fourth-order valence-electron chi connectivity index (χ4n) is 3.26. The number of halogens is 1. The lowest BCUT2D eigenvalue weighted by molar-refractivity contribution is 0.0336. The zero-order valence-corrected chi connectivity index (χ0v) is 16.6. The second kappa shape index (κ2) is 8.73. The number of carbonyl (C=O) groups is 1. The summed E-state index contributed by atoms with van der Waals surface area (Å²) in [4.78, 5) is 32.1. The minimum Gasteiger partial charge on any atom is -0.379 e. The first kappa shape index (κ1) is 19.6. The molecule has 0 atom stereocenters. The number of pyridine rings is 1. The van der Waals surface area contributed by atoms with Gasteiger partial charge in [0.2, 0.25) is 0 Å². The summed E-state index contributed by atoms with van der Waals surface area (Å²) in [6.45, 7) is 4.02. The Balaban J connectivity index is 1.52. The third-order valence-corrected chi connectivity index (χ3v) is 5.14. The average Bonchev–Trinajstić information content (AvgIpc) is 2.74. The number of nitrogens with zero attached hydrogens (tertiary/aromatic N) is 3. The van der Waals surface area contributed by atoms with Gasteiger partial charge in [0.15, 0.2) is 0 Å². The highest BCUT2D eigenvalue weighted by Crippen LogP contribution is 2.10. The van der Waals surface area contributed by atoms with E-state index in [1.54, 1.807) is 30.6 Å². The molecular weight excluding hydrogens is 392 g/mol. The van der Waals surface area contributed by atoms with E-state index in [1.807, 2.05) is 12.1 Å². The number of aromatic nitrogens is 2. The molecule has 7 nitrogen and oxygen atoms in total. The predicted octanol–water partition coefficient (Wildman–Crippen LogP) is 2.11. The number of hydrogen-bond donors (Lipinski definition) is 1. The van der Waals surface area contributed by atoms with E-state index in [4.69, 9.17) is 16.3 Å². The Morgan fingerprint density at radius 3 is 2.66 bits per heavy atom. The lowest BCUT2D eigenvalue weighted by Crippen LogP contribution is -2.36. The number of fused-ring (bicyclic) bond motifs is 1. The van der Waals surface area contributed by atoms with E-state index in [1.165, 1.54) is 10.5 Å². The third-order valence-electron chi connectivity index (χ3n) is 4.89. The number of ether oxygens (including phenoxy) is 1. The van der Waals surface area contributed by atoms with Crippen LogP contribution in [0.5, 0.6) is 0 Å². The molecule has 0 spiro atoms. The van der Waals surface area contributed by atoms with Gasteiger partial charge in [-0.25, -0.2) is 0 Å². The second-order valence-corrected chi connectivity index (χ2v) is 7.36.